The van der Waals surface area contributed by atoms with E-state index in [1.807, 2.05) is 6.92 Å². The molecule has 0 saturated heterocycles. The van der Waals surface area contributed by atoms with Crippen LogP contribution < -0.4 is 5.32 Å². The summed E-state index contributed by atoms with van der Waals surface area (Å²) in [5.74, 6) is -1.51. The second-order valence-electron chi connectivity index (χ2n) is 4.62. The molecule has 0 aliphatic rings. The maximum atomic E-state index is 12.2. The summed E-state index contributed by atoms with van der Waals surface area (Å²) in [6.07, 6.45) is 0. The molecule has 0 bridgehead atoms. The average molecular weight is 348 g/mol. The lowest BCUT2D eigenvalue weighted by Crippen LogP contribution is -2.33. The van der Waals surface area contributed by atoms with E-state index in [4.69, 9.17) is 0 Å². The summed E-state index contributed by atoms with van der Waals surface area (Å²) in [5, 5.41) is 11.8. The SMILES string of the molecule is Cc1cc(C(=O)N[C@H](C(=O)O)c2ccccc2)ccc1Br. The number of benzene rings is 2. The van der Waals surface area contributed by atoms with Crippen LogP contribution in [0.1, 0.15) is 27.5 Å². The number of nitrogens with one attached hydrogen (secondary N) is 1. The van der Waals surface area contributed by atoms with Gasteiger partial charge in [0.05, 0.1) is 0 Å². The third kappa shape index (κ3) is 3.70. The van der Waals surface area contributed by atoms with Gasteiger partial charge >= 0.3 is 5.97 Å². The molecule has 2 aromatic rings. The molecule has 1 atom stereocenters. The highest BCUT2D eigenvalue weighted by Crippen LogP contribution is 2.18. The molecular weight excluding hydrogens is 334 g/mol. The standard InChI is InChI=1S/C16H14BrNO3/c1-10-9-12(7-8-13(10)17)15(19)18-14(16(20)21)11-5-3-2-4-6-11/h2-9,14H,1H3,(H,18,19)(H,20,21)/t14-/m0/s1. The third-order valence-electron chi connectivity index (χ3n) is 3.08. The van der Waals surface area contributed by atoms with Crippen molar-refractivity contribution in [2.24, 2.45) is 0 Å². The number of hydrogen-bond donors (Lipinski definition) is 2. The summed E-state index contributed by atoms with van der Waals surface area (Å²) < 4.78 is 0.900. The number of carboxylic acids is 1. The molecule has 0 aliphatic heterocycles. The molecule has 5 heteroatoms. The Hall–Kier alpha value is -2.14. The number of carbonyl (C=O) groups is 2. The molecule has 2 N–H and O–H groups in total. The first-order chi connectivity index (χ1) is 9.99. The van der Waals surface area contributed by atoms with Crippen LogP contribution in [-0.2, 0) is 4.79 Å². The summed E-state index contributed by atoms with van der Waals surface area (Å²) >= 11 is 3.36. The second kappa shape index (κ2) is 6.54. The summed E-state index contributed by atoms with van der Waals surface area (Å²) in [5.41, 5.74) is 1.87. The van der Waals surface area contributed by atoms with E-state index >= 15 is 0 Å². The van der Waals surface area contributed by atoms with Gasteiger partial charge in [0.2, 0.25) is 0 Å². The van der Waals surface area contributed by atoms with Crippen LogP contribution in [0.3, 0.4) is 0 Å². The monoisotopic (exact) mass is 347 g/mol. The van der Waals surface area contributed by atoms with Crippen molar-refractivity contribution in [1.82, 2.24) is 5.32 Å². The molecule has 108 valence electrons. The Morgan fingerprint density at radius 1 is 1.14 bits per heavy atom. The molecule has 0 fully saturated rings. The summed E-state index contributed by atoms with van der Waals surface area (Å²) in [7, 11) is 0. The predicted octanol–water partition coefficient (Wildman–Crippen LogP) is 3.31. The normalized spacial score (nSPS) is 11.7. The van der Waals surface area contributed by atoms with Crippen molar-refractivity contribution in [3.8, 4) is 0 Å². The van der Waals surface area contributed by atoms with E-state index in [0.29, 0.717) is 11.1 Å². The second-order valence-corrected chi connectivity index (χ2v) is 5.47. The fraction of sp³-hybridized carbons (Fsp3) is 0.125. The van der Waals surface area contributed by atoms with Gasteiger partial charge in [-0.1, -0.05) is 46.3 Å². The van der Waals surface area contributed by atoms with Crippen LogP contribution in [0, 0.1) is 6.92 Å². The van der Waals surface area contributed by atoms with Crippen molar-refractivity contribution in [1.29, 1.82) is 0 Å². The molecule has 2 aromatic carbocycles. The van der Waals surface area contributed by atoms with Crippen molar-refractivity contribution >= 4 is 27.8 Å². The quantitative estimate of drug-likeness (QED) is 0.891. The predicted molar refractivity (Wildman–Crippen MR) is 83.2 cm³/mol. The smallest absolute Gasteiger partial charge is 0.330 e. The van der Waals surface area contributed by atoms with Gasteiger partial charge < -0.3 is 10.4 Å². The van der Waals surface area contributed by atoms with E-state index < -0.39 is 17.9 Å². The van der Waals surface area contributed by atoms with Gasteiger partial charge in [-0.15, -0.1) is 0 Å². The molecule has 4 nitrogen and oxygen atoms in total. The highest BCUT2D eigenvalue weighted by molar-refractivity contribution is 9.10. The number of carboxylic acid groups (broad SMARTS) is 1. The molecule has 0 unspecified atom stereocenters. The van der Waals surface area contributed by atoms with Gasteiger partial charge in [-0.25, -0.2) is 4.79 Å². The molecule has 2 rings (SSSR count). The molecule has 0 radical (unpaired) electrons. The van der Waals surface area contributed by atoms with E-state index in [9.17, 15) is 14.7 Å². The van der Waals surface area contributed by atoms with Crippen molar-refractivity contribution in [2.75, 3.05) is 0 Å². The maximum Gasteiger partial charge on any atom is 0.330 e. The minimum atomic E-state index is -1.09. The van der Waals surface area contributed by atoms with Crippen LogP contribution in [-0.4, -0.2) is 17.0 Å². The fourth-order valence-electron chi connectivity index (χ4n) is 1.93. The highest BCUT2D eigenvalue weighted by Gasteiger charge is 2.22. The first-order valence-corrected chi connectivity index (χ1v) is 7.13. The molecule has 0 aliphatic carbocycles. The lowest BCUT2D eigenvalue weighted by Gasteiger charge is -2.15. The molecule has 0 spiro atoms. The summed E-state index contributed by atoms with van der Waals surface area (Å²) in [6, 6.07) is 12.7. The summed E-state index contributed by atoms with van der Waals surface area (Å²) in [6.45, 7) is 1.87. The van der Waals surface area contributed by atoms with E-state index in [1.165, 1.54) is 0 Å². The highest BCUT2D eigenvalue weighted by atomic mass is 79.9. The Labute approximate surface area is 130 Å². The number of aryl methyl sites for hydroxylation is 1. The lowest BCUT2D eigenvalue weighted by molar-refractivity contribution is -0.139. The number of aliphatic carboxylic acids is 1. The number of carbonyl (C=O) groups excluding carboxylic acids is 1. The molecule has 21 heavy (non-hydrogen) atoms. The lowest BCUT2D eigenvalue weighted by atomic mass is 10.1. The molecule has 1 amide bonds. The van der Waals surface area contributed by atoms with Gasteiger partial charge in [0, 0.05) is 10.0 Å². The Balaban J connectivity index is 2.23. The zero-order chi connectivity index (χ0) is 15.4. The third-order valence-corrected chi connectivity index (χ3v) is 3.97. The number of rotatable bonds is 4. The zero-order valence-electron chi connectivity index (χ0n) is 11.3. The van der Waals surface area contributed by atoms with E-state index in [1.54, 1.807) is 48.5 Å². The summed E-state index contributed by atoms with van der Waals surface area (Å²) in [4.78, 5) is 23.6. The van der Waals surface area contributed by atoms with Crippen molar-refractivity contribution < 1.29 is 14.7 Å². The molecular formula is C16H14BrNO3. The van der Waals surface area contributed by atoms with Gasteiger partial charge in [-0.2, -0.15) is 0 Å². The Morgan fingerprint density at radius 2 is 1.81 bits per heavy atom. The minimum Gasteiger partial charge on any atom is -0.479 e. The van der Waals surface area contributed by atoms with Crippen molar-refractivity contribution in [3.63, 3.8) is 0 Å². The van der Waals surface area contributed by atoms with Crippen molar-refractivity contribution in [3.05, 3.63) is 69.7 Å². The van der Waals surface area contributed by atoms with Crippen molar-refractivity contribution in [2.45, 2.75) is 13.0 Å². The van der Waals surface area contributed by atoms with Crippen LogP contribution in [0.2, 0.25) is 0 Å². The molecule has 0 heterocycles. The number of amides is 1. The van der Waals surface area contributed by atoms with Crippen LogP contribution >= 0.6 is 15.9 Å². The van der Waals surface area contributed by atoms with Crippen LogP contribution in [0.25, 0.3) is 0 Å². The van der Waals surface area contributed by atoms with E-state index in [2.05, 4.69) is 21.2 Å². The first kappa shape index (κ1) is 15.3. The average Bonchev–Trinajstić information content (AvgIpc) is 2.48. The number of hydrogen-bond acceptors (Lipinski definition) is 2. The number of halogens is 1. The van der Waals surface area contributed by atoms with Crippen LogP contribution in [0.15, 0.2) is 53.0 Å². The fourth-order valence-corrected chi connectivity index (χ4v) is 2.18. The molecule has 0 saturated carbocycles. The van der Waals surface area contributed by atoms with Gasteiger partial charge in [0.25, 0.3) is 5.91 Å². The van der Waals surface area contributed by atoms with Crippen LogP contribution in [0.5, 0.6) is 0 Å². The van der Waals surface area contributed by atoms with Crippen LogP contribution in [0.4, 0.5) is 0 Å². The zero-order valence-corrected chi connectivity index (χ0v) is 12.9. The van der Waals surface area contributed by atoms with Gasteiger partial charge in [0.15, 0.2) is 6.04 Å². The Kier molecular flexibility index (Phi) is 4.75. The van der Waals surface area contributed by atoms with E-state index in [-0.39, 0.29) is 0 Å². The van der Waals surface area contributed by atoms with Gasteiger partial charge in [0.1, 0.15) is 0 Å². The topological polar surface area (TPSA) is 66.4 Å². The Bertz CT molecular complexity index is 670. The van der Waals surface area contributed by atoms with Gasteiger partial charge in [-0.05, 0) is 36.2 Å². The first-order valence-electron chi connectivity index (χ1n) is 6.34. The molecule has 0 aromatic heterocycles. The maximum absolute atomic E-state index is 12.2. The van der Waals surface area contributed by atoms with E-state index in [0.717, 1.165) is 10.0 Å². The minimum absolute atomic E-state index is 0.415. The Morgan fingerprint density at radius 3 is 2.38 bits per heavy atom. The van der Waals surface area contributed by atoms with Gasteiger partial charge in [-0.3, -0.25) is 4.79 Å². The largest absolute Gasteiger partial charge is 0.479 e.